The summed E-state index contributed by atoms with van der Waals surface area (Å²) in [4.78, 5) is 35.9. The normalized spacial score (nSPS) is 16.0. The summed E-state index contributed by atoms with van der Waals surface area (Å²) >= 11 is 1.46. The van der Waals surface area contributed by atoms with Crippen molar-refractivity contribution >= 4 is 39.5 Å². The maximum Gasteiger partial charge on any atom is 0.321 e. The van der Waals surface area contributed by atoms with Crippen LogP contribution in [0.25, 0.3) is 0 Å². The lowest BCUT2D eigenvalue weighted by atomic mass is 9.84. The van der Waals surface area contributed by atoms with Crippen LogP contribution in [0, 0.1) is 11.3 Å². The van der Waals surface area contributed by atoms with E-state index in [1.807, 2.05) is 70.3 Å². The molecule has 1 aromatic heterocycles. The fraction of sp³-hybridized carbons (Fsp3) is 0.500. The predicted molar refractivity (Wildman–Crippen MR) is 196 cm³/mol. The van der Waals surface area contributed by atoms with E-state index < -0.39 is 39.5 Å². The van der Waals surface area contributed by atoms with Crippen LogP contribution >= 0.6 is 11.3 Å². The number of rotatable bonds is 17. The highest BCUT2D eigenvalue weighted by molar-refractivity contribution is 7.89. The average molecular weight is 743 g/mol. The van der Waals surface area contributed by atoms with Gasteiger partial charge in [0, 0.05) is 38.7 Å². The molecule has 0 unspecified atom stereocenters. The molecule has 0 saturated carbocycles. The summed E-state index contributed by atoms with van der Waals surface area (Å²) in [5, 5.41) is 29.4. The lowest BCUT2D eigenvalue weighted by molar-refractivity contribution is -0.130. The van der Waals surface area contributed by atoms with Gasteiger partial charge >= 0.3 is 6.03 Å². The molecule has 3 amide bonds. The van der Waals surface area contributed by atoms with Gasteiger partial charge in [0.05, 0.1) is 42.1 Å². The predicted octanol–water partition coefficient (Wildman–Crippen LogP) is 4.19. The van der Waals surface area contributed by atoms with Gasteiger partial charge in [-0.05, 0) is 41.0 Å². The molecule has 3 N–H and O–H groups in total. The van der Waals surface area contributed by atoms with Crippen molar-refractivity contribution in [1.29, 1.82) is 0 Å². The van der Waals surface area contributed by atoms with Gasteiger partial charge in [-0.2, -0.15) is 4.31 Å². The Labute approximate surface area is 305 Å². The minimum absolute atomic E-state index is 0.0200. The molecule has 1 aliphatic rings. The van der Waals surface area contributed by atoms with Crippen molar-refractivity contribution in [3.63, 3.8) is 0 Å². The Bertz CT molecular complexity index is 1730. The molecule has 4 rings (SSSR count). The molecule has 0 aliphatic carbocycles. The van der Waals surface area contributed by atoms with Crippen LogP contribution in [0.4, 0.5) is 4.79 Å². The first-order chi connectivity index (χ1) is 24.1. The lowest BCUT2D eigenvalue weighted by Crippen LogP contribution is -2.59. The van der Waals surface area contributed by atoms with Crippen LogP contribution in [0.15, 0.2) is 70.0 Å². The first-order valence-corrected chi connectivity index (χ1v) is 19.2. The zero-order valence-corrected chi connectivity index (χ0v) is 31.7. The Morgan fingerprint density at radius 3 is 2.41 bits per heavy atom. The summed E-state index contributed by atoms with van der Waals surface area (Å²) in [7, 11) is -2.47. The highest BCUT2D eigenvalue weighted by Crippen LogP contribution is 2.29. The second-order valence-electron chi connectivity index (χ2n) is 14.2. The summed E-state index contributed by atoms with van der Waals surface area (Å²) in [5.74, 6) is -0.506. The number of thiazole rings is 1. The van der Waals surface area contributed by atoms with Gasteiger partial charge in [0.2, 0.25) is 15.9 Å². The average Bonchev–Trinajstić information content (AvgIpc) is 3.66. The second kappa shape index (κ2) is 17.6. The molecule has 3 atom stereocenters. The van der Waals surface area contributed by atoms with Crippen molar-refractivity contribution in [1.82, 2.24) is 24.4 Å². The molecular formula is C36H50N6O7S2. The molecule has 1 saturated heterocycles. The van der Waals surface area contributed by atoms with Gasteiger partial charge in [-0.25, -0.2) is 18.2 Å². The molecule has 51 heavy (non-hydrogen) atoms. The van der Waals surface area contributed by atoms with E-state index in [2.05, 4.69) is 15.5 Å². The fourth-order valence-electron chi connectivity index (χ4n) is 6.17. The van der Waals surface area contributed by atoms with Gasteiger partial charge < -0.3 is 30.2 Å². The zero-order valence-electron chi connectivity index (χ0n) is 30.1. The Kier molecular flexibility index (Phi) is 13.7. The number of oxime groups is 1. The molecule has 3 aromatic rings. The maximum atomic E-state index is 14.3. The number of methoxy groups -OCH3 is 1. The van der Waals surface area contributed by atoms with Crippen LogP contribution < -0.4 is 5.32 Å². The highest BCUT2D eigenvalue weighted by atomic mass is 32.2. The Morgan fingerprint density at radius 2 is 1.80 bits per heavy atom. The van der Waals surface area contributed by atoms with Gasteiger partial charge in [0.1, 0.15) is 11.0 Å². The third-order valence-electron chi connectivity index (χ3n) is 8.50. The fourth-order valence-corrected chi connectivity index (χ4v) is 8.54. The standard InChI is InChI=1S/C36H50N6O7S2/c1-25(2)20-41(51(47,48)29-14-12-27(13-15-29)19-37-46)22-31(43)30(18-26-10-8-7-9-11-26)39-34(44)33(36(3,4)5)42-17-16-40(35(42)45)21-28-24-50-32(38-28)23-49-6/h7-15,19,24-25,30-31,33,43,46H,16-18,20-23H2,1-6H3,(H,39,44)/b37-19+/t30-,31+,33+/m0/s1. The summed E-state index contributed by atoms with van der Waals surface area (Å²) in [5.41, 5.74) is 1.43. The van der Waals surface area contributed by atoms with E-state index in [9.17, 15) is 23.1 Å². The van der Waals surface area contributed by atoms with Gasteiger partial charge in [0.15, 0.2) is 0 Å². The van der Waals surface area contributed by atoms with E-state index >= 15 is 0 Å². The molecule has 0 spiro atoms. The number of sulfonamides is 1. The number of aromatic nitrogens is 1. The SMILES string of the molecule is COCc1nc(CN2CCN([C@H](C(=O)N[C@@H](Cc3ccccc3)[C@H](O)CN(CC(C)C)S(=O)(=O)c3ccc(/C=N/O)cc3)C(C)(C)C)C2=O)cs1. The largest absolute Gasteiger partial charge is 0.411 e. The number of ether oxygens (including phenoxy) is 1. The van der Waals surface area contributed by atoms with E-state index in [4.69, 9.17) is 9.94 Å². The van der Waals surface area contributed by atoms with E-state index in [1.165, 1.54) is 46.1 Å². The molecular weight excluding hydrogens is 693 g/mol. The van der Waals surface area contributed by atoms with Crippen molar-refractivity contribution in [2.45, 2.75) is 77.3 Å². The summed E-state index contributed by atoms with van der Waals surface area (Å²) in [6.07, 6.45) is 0.116. The second-order valence-corrected chi connectivity index (χ2v) is 17.1. The summed E-state index contributed by atoms with van der Waals surface area (Å²) < 4.78 is 34.2. The number of nitrogens with one attached hydrogen (secondary N) is 1. The number of aliphatic hydroxyl groups is 1. The molecule has 15 heteroatoms. The number of urea groups is 1. The van der Waals surface area contributed by atoms with Crippen molar-refractivity contribution in [3.05, 3.63) is 81.8 Å². The highest BCUT2D eigenvalue weighted by Gasteiger charge is 2.44. The zero-order chi connectivity index (χ0) is 37.3. The number of nitrogens with zero attached hydrogens (tertiary/aromatic N) is 5. The van der Waals surface area contributed by atoms with Gasteiger partial charge in [0.25, 0.3) is 0 Å². The number of carbonyl (C=O) groups is 2. The van der Waals surface area contributed by atoms with Crippen LogP contribution in [0.3, 0.4) is 0 Å². The third kappa shape index (κ3) is 10.6. The third-order valence-corrected chi connectivity index (χ3v) is 11.2. The number of aliphatic hydroxyl groups excluding tert-OH is 1. The van der Waals surface area contributed by atoms with Crippen molar-refractivity contribution in [2.75, 3.05) is 33.3 Å². The van der Waals surface area contributed by atoms with E-state index in [0.717, 1.165) is 16.3 Å². The Hall–Kier alpha value is -3.89. The minimum Gasteiger partial charge on any atom is -0.411 e. The van der Waals surface area contributed by atoms with Crippen molar-refractivity contribution in [2.24, 2.45) is 16.5 Å². The first kappa shape index (κ1) is 39.9. The molecule has 0 radical (unpaired) electrons. The minimum atomic E-state index is -4.07. The molecule has 13 nitrogen and oxygen atoms in total. The number of hydrogen-bond donors (Lipinski definition) is 3. The molecule has 2 heterocycles. The smallest absolute Gasteiger partial charge is 0.321 e. The van der Waals surface area contributed by atoms with Crippen LogP contribution in [0.2, 0.25) is 0 Å². The van der Waals surface area contributed by atoms with E-state index in [1.54, 1.807) is 16.9 Å². The number of benzene rings is 2. The lowest BCUT2D eigenvalue weighted by Gasteiger charge is -2.38. The van der Waals surface area contributed by atoms with E-state index in [-0.39, 0.29) is 36.4 Å². The van der Waals surface area contributed by atoms with Crippen LogP contribution in [0.5, 0.6) is 0 Å². The van der Waals surface area contributed by atoms with Gasteiger partial charge in [-0.3, -0.25) is 4.79 Å². The number of carbonyl (C=O) groups excluding carboxylic acids is 2. The number of amides is 3. The van der Waals surface area contributed by atoms with Gasteiger partial charge in [-0.15, -0.1) is 11.3 Å². The topological polar surface area (TPSA) is 165 Å². The van der Waals surface area contributed by atoms with E-state index in [0.29, 0.717) is 31.8 Å². The molecule has 0 bridgehead atoms. The Balaban J connectivity index is 1.58. The first-order valence-electron chi connectivity index (χ1n) is 16.9. The van der Waals surface area contributed by atoms with Crippen molar-refractivity contribution < 1.29 is 33.1 Å². The molecule has 2 aromatic carbocycles. The maximum absolute atomic E-state index is 14.3. The molecule has 1 aliphatic heterocycles. The summed E-state index contributed by atoms with van der Waals surface area (Å²) in [6, 6.07) is 13.2. The van der Waals surface area contributed by atoms with Crippen LogP contribution in [0.1, 0.15) is 56.4 Å². The molecule has 1 fully saturated rings. The van der Waals surface area contributed by atoms with Crippen LogP contribution in [-0.4, -0.2) is 107 Å². The van der Waals surface area contributed by atoms with Gasteiger partial charge in [-0.1, -0.05) is 82.2 Å². The van der Waals surface area contributed by atoms with Crippen LogP contribution in [-0.2, 0) is 39.1 Å². The molecule has 278 valence electrons. The summed E-state index contributed by atoms with van der Waals surface area (Å²) in [6.45, 7) is 10.7. The quantitative estimate of drug-likeness (QED) is 0.105. The van der Waals surface area contributed by atoms with Crippen molar-refractivity contribution in [3.8, 4) is 0 Å². The Morgan fingerprint density at radius 1 is 1.12 bits per heavy atom. The monoisotopic (exact) mass is 742 g/mol. The number of hydrogen-bond acceptors (Lipinski definition) is 10.